The largest absolute Gasteiger partial charge is 0.383 e. The Bertz CT molecular complexity index is 769. The van der Waals surface area contributed by atoms with Gasteiger partial charge >= 0.3 is 0 Å². The van der Waals surface area contributed by atoms with Gasteiger partial charge in [0, 0.05) is 11.8 Å². The van der Waals surface area contributed by atoms with Crippen molar-refractivity contribution in [3.8, 4) is 16.9 Å². The fourth-order valence-electron chi connectivity index (χ4n) is 1.99. The number of aromatic nitrogens is 3. The Morgan fingerprint density at radius 1 is 1.25 bits per heavy atom. The molecule has 1 aromatic carbocycles. The molecule has 3 rings (SSSR count). The Morgan fingerprint density at radius 2 is 2.10 bits per heavy atom. The van der Waals surface area contributed by atoms with Crippen LogP contribution in [0.5, 0.6) is 0 Å². The van der Waals surface area contributed by atoms with Gasteiger partial charge in [-0.1, -0.05) is 11.6 Å². The number of imidazole rings is 1. The monoisotopic (exact) mass is 288 g/mol. The first-order chi connectivity index (χ1) is 9.66. The first-order valence-electron chi connectivity index (χ1n) is 5.85. The summed E-state index contributed by atoms with van der Waals surface area (Å²) in [7, 11) is 0. The number of nitrogens with zero attached hydrogens (tertiary/aromatic N) is 3. The molecule has 20 heavy (non-hydrogen) atoms. The van der Waals surface area contributed by atoms with Crippen LogP contribution < -0.4 is 5.73 Å². The predicted molar refractivity (Wildman–Crippen MR) is 76.2 cm³/mol. The summed E-state index contributed by atoms with van der Waals surface area (Å²) in [6, 6.07) is 7.75. The zero-order valence-corrected chi connectivity index (χ0v) is 11.0. The van der Waals surface area contributed by atoms with Gasteiger partial charge in [-0.3, -0.25) is 4.57 Å². The average Bonchev–Trinajstić information content (AvgIpc) is 2.91. The zero-order valence-electron chi connectivity index (χ0n) is 10.3. The summed E-state index contributed by atoms with van der Waals surface area (Å²) >= 11 is 6.12. The summed E-state index contributed by atoms with van der Waals surface area (Å²) in [6.07, 6.45) is 4.80. The van der Waals surface area contributed by atoms with Gasteiger partial charge < -0.3 is 5.73 Å². The number of halogens is 2. The van der Waals surface area contributed by atoms with Crippen molar-refractivity contribution in [2.45, 2.75) is 0 Å². The molecule has 0 aliphatic carbocycles. The molecule has 4 nitrogen and oxygen atoms in total. The minimum Gasteiger partial charge on any atom is -0.383 e. The fraction of sp³-hybridized carbons (Fsp3) is 0. The minimum atomic E-state index is -0.372. The highest BCUT2D eigenvalue weighted by Crippen LogP contribution is 2.29. The molecular formula is C14H10ClFN4. The first-order valence-corrected chi connectivity index (χ1v) is 6.23. The molecule has 0 radical (unpaired) electrons. The van der Waals surface area contributed by atoms with Gasteiger partial charge in [0.05, 0.1) is 28.9 Å². The smallest absolute Gasteiger partial charge is 0.132 e. The van der Waals surface area contributed by atoms with Gasteiger partial charge in [0.2, 0.25) is 0 Å². The lowest BCUT2D eigenvalue weighted by Gasteiger charge is -2.11. The minimum absolute atomic E-state index is 0.372. The molecule has 2 aromatic heterocycles. The Balaban J connectivity index is 2.21. The normalized spacial score (nSPS) is 10.7. The van der Waals surface area contributed by atoms with Gasteiger partial charge in [-0.05, 0) is 30.3 Å². The van der Waals surface area contributed by atoms with Crippen LogP contribution in [0.1, 0.15) is 0 Å². The second-order valence-electron chi connectivity index (χ2n) is 4.18. The Morgan fingerprint density at radius 3 is 2.90 bits per heavy atom. The molecule has 0 amide bonds. The number of nitrogens with two attached hydrogens (primary N) is 1. The lowest BCUT2D eigenvalue weighted by atomic mass is 10.2. The van der Waals surface area contributed by atoms with Crippen LogP contribution in [-0.4, -0.2) is 14.5 Å². The predicted octanol–water partition coefficient (Wildman–Crippen LogP) is 3.31. The van der Waals surface area contributed by atoms with Gasteiger partial charge in [-0.25, -0.2) is 14.4 Å². The van der Waals surface area contributed by atoms with Gasteiger partial charge in [0.1, 0.15) is 11.6 Å². The Kier molecular flexibility index (Phi) is 3.12. The molecular weight excluding hydrogens is 279 g/mol. The number of hydrogen-bond donors (Lipinski definition) is 1. The molecule has 100 valence electrons. The molecule has 2 heterocycles. The molecule has 0 aliphatic heterocycles. The van der Waals surface area contributed by atoms with Gasteiger partial charge in [0.15, 0.2) is 0 Å². The third-order valence-electron chi connectivity index (χ3n) is 2.92. The van der Waals surface area contributed by atoms with E-state index in [-0.39, 0.29) is 5.82 Å². The molecule has 0 aliphatic rings. The molecule has 6 heteroatoms. The highest BCUT2D eigenvalue weighted by Gasteiger charge is 2.13. The van der Waals surface area contributed by atoms with E-state index in [4.69, 9.17) is 17.3 Å². The van der Waals surface area contributed by atoms with Crippen LogP contribution in [-0.2, 0) is 0 Å². The summed E-state index contributed by atoms with van der Waals surface area (Å²) in [4.78, 5) is 8.12. The third-order valence-corrected chi connectivity index (χ3v) is 3.24. The number of nitrogen functional groups attached to an aromatic ring is 1. The molecule has 0 saturated carbocycles. The summed E-state index contributed by atoms with van der Waals surface area (Å²) in [5, 5.41) is 0.424. The Labute approximate surface area is 119 Å². The maximum absolute atomic E-state index is 13.4. The second-order valence-corrected chi connectivity index (χ2v) is 4.59. The van der Waals surface area contributed by atoms with Gasteiger partial charge in [-0.15, -0.1) is 0 Å². The van der Waals surface area contributed by atoms with Crippen molar-refractivity contribution in [1.29, 1.82) is 0 Å². The van der Waals surface area contributed by atoms with Crippen LogP contribution in [0.2, 0.25) is 5.02 Å². The van der Waals surface area contributed by atoms with Crippen molar-refractivity contribution < 1.29 is 4.39 Å². The van der Waals surface area contributed by atoms with E-state index in [9.17, 15) is 4.39 Å². The van der Waals surface area contributed by atoms with Crippen LogP contribution in [0.3, 0.4) is 0 Å². The van der Waals surface area contributed by atoms with Crippen molar-refractivity contribution in [2.24, 2.45) is 0 Å². The number of rotatable bonds is 2. The summed E-state index contributed by atoms with van der Waals surface area (Å²) in [5.74, 6) is 0.00461. The SMILES string of the molecule is Nc1ncccc1-c1cncn1-c1cc(F)ccc1Cl. The van der Waals surface area contributed by atoms with Crippen molar-refractivity contribution >= 4 is 17.4 Å². The standard InChI is InChI=1S/C14H10ClFN4/c15-11-4-3-9(16)6-12(11)20-8-18-7-13(20)10-2-1-5-19-14(10)17/h1-8H,(H2,17,19). The molecule has 2 N–H and O–H groups in total. The lowest BCUT2D eigenvalue weighted by molar-refractivity contribution is 0.626. The molecule has 0 unspecified atom stereocenters. The van der Waals surface area contributed by atoms with E-state index < -0.39 is 0 Å². The maximum Gasteiger partial charge on any atom is 0.132 e. The molecule has 0 atom stereocenters. The fourth-order valence-corrected chi connectivity index (χ4v) is 2.20. The van der Waals surface area contributed by atoms with Crippen LogP contribution in [0.15, 0.2) is 49.1 Å². The van der Waals surface area contributed by atoms with Crippen LogP contribution in [0.4, 0.5) is 10.2 Å². The van der Waals surface area contributed by atoms with Crippen LogP contribution in [0, 0.1) is 5.82 Å². The van der Waals surface area contributed by atoms with Gasteiger partial charge in [0.25, 0.3) is 0 Å². The highest BCUT2D eigenvalue weighted by atomic mass is 35.5. The highest BCUT2D eigenvalue weighted by molar-refractivity contribution is 6.32. The van der Waals surface area contributed by atoms with Gasteiger partial charge in [-0.2, -0.15) is 0 Å². The molecule has 0 saturated heterocycles. The molecule has 3 aromatic rings. The maximum atomic E-state index is 13.4. The number of anilines is 1. The topological polar surface area (TPSA) is 56.7 Å². The van der Waals surface area contributed by atoms with E-state index in [0.29, 0.717) is 27.8 Å². The van der Waals surface area contributed by atoms with E-state index in [2.05, 4.69) is 9.97 Å². The van der Waals surface area contributed by atoms with E-state index in [1.807, 2.05) is 6.07 Å². The summed E-state index contributed by atoms with van der Waals surface area (Å²) in [6.45, 7) is 0. The van der Waals surface area contributed by atoms with E-state index in [0.717, 1.165) is 0 Å². The third kappa shape index (κ3) is 2.12. The van der Waals surface area contributed by atoms with Crippen molar-refractivity contribution in [3.05, 3.63) is 59.9 Å². The summed E-state index contributed by atoms with van der Waals surface area (Å²) < 4.78 is 15.1. The van der Waals surface area contributed by atoms with Crippen LogP contribution in [0.25, 0.3) is 16.9 Å². The number of pyridine rings is 1. The number of benzene rings is 1. The van der Waals surface area contributed by atoms with E-state index in [1.54, 1.807) is 29.4 Å². The molecule has 0 spiro atoms. The van der Waals surface area contributed by atoms with E-state index in [1.165, 1.54) is 18.2 Å². The van der Waals surface area contributed by atoms with Crippen molar-refractivity contribution in [2.75, 3.05) is 5.73 Å². The average molecular weight is 289 g/mol. The summed E-state index contributed by atoms with van der Waals surface area (Å²) in [5.41, 5.74) is 7.78. The zero-order chi connectivity index (χ0) is 14.1. The lowest BCUT2D eigenvalue weighted by Crippen LogP contribution is -2.00. The Hall–Kier alpha value is -2.40. The molecule has 0 bridgehead atoms. The quantitative estimate of drug-likeness (QED) is 0.787. The second kappa shape index (κ2) is 4.94. The van der Waals surface area contributed by atoms with Crippen LogP contribution >= 0.6 is 11.6 Å². The molecule has 0 fully saturated rings. The number of hydrogen-bond acceptors (Lipinski definition) is 3. The van der Waals surface area contributed by atoms with E-state index >= 15 is 0 Å². The first kappa shape index (κ1) is 12.6. The van der Waals surface area contributed by atoms with Crippen molar-refractivity contribution in [1.82, 2.24) is 14.5 Å². The van der Waals surface area contributed by atoms with Crippen molar-refractivity contribution in [3.63, 3.8) is 0 Å².